The van der Waals surface area contributed by atoms with Crippen LogP contribution in [0.15, 0.2) is 120 Å². The number of aromatic nitrogens is 2. The summed E-state index contributed by atoms with van der Waals surface area (Å²) in [6.45, 7) is 0. The summed E-state index contributed by atoms with van der Waals surface area (Å²) in [5, 5.41) is 3.96. The first-order valence-corrected chi connectivity index (χ1v) is 13.9. The van der Waals surface area contributed by atoms with E-state index in [-0.39, 0.29) is 0 Å². The maximum Gasteiger partial charge on any atom is 0.160 e. The highest BCUT2D eigenvalue weighted by molar-refractivity contribution is 7.26. The zero-order chi connectivity index (χ0) is 25.9. The van der Waals surface area contributed by atoms with Crippen LogP contribution < -0.4 is 0 Å². The lowest BCUT2D eigenvalue weighted by molar-refractivity contribution is 0.670. The first-order valence-electron chi connectivity index (χ1n) is 12.7. The summed E-state index contributed by atoms with van der Waals surface area (Å²) in [7, 11) is 0. The van der Waals surface area contributed by atoms with Gasteiger partial charge in [0.2, 0.25) is 0 Å². The van der Waals surface area contributed by atoms with Gasteiger partial charge in [-0.25, -0.2) is 9.97 Å². The molecule has 8 aromatic rings. The maximum atomic E-state index is 6.27. The van der Waals surface area contributed by atoms with Gasteiger partial charge in [0.15, 0.2) is 5.82 Å². The second-order valence-electron chi connectivity index (χ2n) is 9.54. The Morgan fingerprint density at radius 2 is 1.38 bits per heavy atom. The number of para-hydroxylation sites is 1. The van der Waals surface area contributed by atoms with Crippen molar-refractivity contribution in [2.24, 2.45) is 0 Å². The van der Waals surface area contributed by atoms with Crippen molar-refractivity contribution in [3.63, 3.8) is 0 Å². The van der Waals surface area contributed by atoms with Crippen LogP contribution in [0.5, 0.6) is 0 Å². The third-order valence-corrected chi connectivity index (χ3v) is 8.58. The molecule has 0 aliphatic heterocycles. The second kappa shape index (κ2) is 8.77. The molecule has 8 rings (SSSR count). The zero-order valence-electron chi connectivity index (χ0n) is 20.6. The molecule has 5 aromatic carbocycles. The minimum Gasteiger partial charge on any atom is -0.455 e. The number of rotatable bonds is 3. The van der Waals surface area contributed by atoms with Crippen LogP contribution in [0.25, 0.3) is 76.0 Å². The molecule has 0 saturated carbocycles. The molecule has 0 fully saturated rings. The molecule has 5 heteroatoms. The minimum absolute atomic E-state index is 0.665. The predicted octanol–water partition coefficient (Wildman–Crippen LogP) is 10.4. The maximum absolute atomic E-state index is 6.27. The van der Waals surface area contributed by atoms with Gasteiger partial charge >= 0.3 is 0 Å². The molecule has 0 bridgehead atoms. The highest BCUT2D eigenvalue weighted by atomic mass is 35.5. The molecule has 0 aliphatic carbocycles. The van der Waals surface area contributed by atoms with Gasteiger partial charge in [0, 0.05) is 48.6 Å². The predicted molar refractivity (Wildman–Crippen MR) is 164 cm³/mol. The average Bonchev–Trinajstić information content (AvgIpc) is 3.55. The van der Waals surface area contributed by atoms with Crippen LogP contribution in [-0.4, -0.2) is 9.97 Å². The molecular formula is C34H19ClN2OS. The van der Waals surface area contributed by atoms with Crippen LogP contribution in [0, 0.1) is 0 Å². The SMILES string of the molecule is Clc1ccc2c(c1)oc1c(-c3ccc(-c4nc(-c5ccccc5)c5sc6ccccc6c5n4)cc3)cccc12. The standard InChI is InChI=1S/C34H19ClN2OS/c35-23-17-18-25-26-11-6-10-24(32(26)38-28(25)19-23)20-13-15-22(16-14-20)34-36-30(21-7-2-1-3-8-21)33-31(37-34)27-9-4-5-12-29(27)39-33/h1-19H. The lowest BCUT2D eigenvalue weighted by atomic mass is 10.0. The van der Waals surface area contributed by atoms with Crippen LogP contribution in [0.3, 0.4) is 0 Å². The second-order valence-corrected chi connectivity index (χ2v) is 11.0. The lowest BCUT2D eigenvalue weighted by Gasteiger charge is -2.08. The molecule has 0 radical (unpaired) electrons. The van der Waals surface area contributed by atoms with Gasteiger partial charge in [-0.15, -0.1) is 11.3 Å². The third-order valence-electron chi connectivity index (χ3n) is 7.18. The molecule has 39 heavy (non-hydrogen) atoms. The Bertz CT molecular complexity index is 2180. The number of thiophene rings is 1. The third kappa shape index (κ3) is 3.64. The lowest BCUT2D eigenvalue weighted by Crippen LogP contribution is -1.93. The van der Waals surface area contributed by atoms with Crippen molar-refractivity contribution in [1.82, 2.24) is 9.97 Å². The molecule has 3 heterocycles. The Morgan fingerprint density at radius 3 is 2.26 bits per heavy atom. The number of hydrogen-bond donors (Lipinski definition) is 0. The summed E-state index contributed by atoms with van der Waals surface area (Å²) >= 11 is 7.97. The van der Waals surface area contributed by atoms with Crippen LogP contribution >= 0.6 is 22.9 Å². The van der Waals surface area contributed by atoms with Gasteiger partial charge in [-0.1, -0.05) is 103 Å². The van der Waals surface area contributed by atoms with E-state index in [0.717, 1.165) is 65.5 Å². The fourth-order valence-electron chi connectivity index (χ4n) is 5.31. The number of halogens is 1. The summed E-state index contributed by atoms with van der Waals surface area (Å²) in [4.78, 5) is 10.2. The molecule has 3 aromatic heterocycles. The van der Waals surface area contributed by atoms with Gasteiger partial charge in [0.05, 0.1) is 15.9 Å². The highest BCUT2D eigenvalue weighted by Crippen LogP contribution is 2.40. The van der Waals surface area contributed by atoms with E-state index in [0.29, 0.717) is 10.8 Å². The van der Waals surface area contributed by atoms with Crippen LogP contribution in [0.2, 0.25) is 5.02 Å². The van der Waals surface area contributed by atoms with Crippen LogP contribution in [0.1, 0.15) is 0 Å². The quantitative estimate of drug-likeness (QED) is 0.224. The van der Waals surface area contributed by atoms with Crippen molar-refractivity contribution in [2.75, 3.05) is 0 Å². The number of benzene rings is 5. The molecule has 0 aliphatic rings. The topological polar surface area (TPSA) is 38.9 Å². The molecule has 0 spiro atoms. The summed E-state index contributed by atoms with van der Waals surface area (Å²) in [5.74, 6) is 0.716. The molecule has 0 amide bonds. The number of fused-ring (bicyclic) bond motifs is 6. The van der Waals surface area contributed by atoms with Gasteiger partial charge < -0.3 is 4.42 Å². The normalized spacial score (nSPS) is 11.7. The molecule has 0 unspecified atom stereocenters. The van der Waals surface area contributed by atoms with Crippen molar-refractivity contribution >= 4 is 65.2 Å². The Labute approximate surface area is 233 Å². The van der Waals surface area contributed by atoms with Gasteiger partial charge in [0.25, 0.3) is 0 Å². The smallest absolute Gasteiger partial charge is 0.160 e. The first kappa shape index (κ1) is 22.5. The molecule has 0 saturated heterocycles. The summed E-state index contributed by atoms with van der Waals surface area (Å²) in [6.07, 6.45) is 0. The van der Waals surface area contributed by atoms with E-state index < -0.39 is 0 Å². The van der Waals surface area contributed by atoms with Crippen LogP contribution in [0.4, 0.5) is 0 Å². The number of nitrogens with zero attached hydrogens (tertiary/aromatic N) is 2. The van der Waals surface area contributed by atoms with Crippen molar-refractivity contribution < 1.29 is 4.42 Å². The Hall–Kier alpha value is -4.51. The Morgan fingerprint density at radius 1 is 0.615 bits per heavy atom. The molecule has 0 atom stereocenters. The van der Waals surface area contributed by atoms with Gasteiger partial charge in [-0.05, 0) is 23.8 Å². The Kier molecular flexibility index (Phi) is 5.05. The summed E-state index contributed by atoms with van der Waals surface area (Å²) in [6, 6.07) is 39.3. The number of hydrogen-bond acceptors (Lipinski definition) is 4. The van der Waals surface area contributed by atoms with E-state index in [9.17, 15) is 0 Å². The van der Waals surface area contributed by atoms with Crippen LogP contribution in [-0.2, 0) is 0 Å². The highest BCUT2D eigenvalue weighted by Gasteiger charge is 2.17. The zero-order valence-corrected chi connectivity index (χ0v) is 22.1. The summed E-state index contributed by atoms with van der Waals surface area (Å²) < 4.78 is 8.60. The van der Waals surface area contributed by atoms with Crippen molar-refractivity contribution in [2.45, 2.75) is 0 Å². The summed E-state index contributed by atoms with van der Waals surface area (Å²) in [5.41, 5.74) is 7.77. The fraction of sp³-hybridized carbons (Fsp3) is 0. The van der Waals surface area contributed by atoms with E-state index >= 15 is 0 Å². The fourth-order valence-corrected chi connectivity index (χ4v) is 6.63. The molecular weight excluding hydrogens is 520 g/mol. The van der Waals surface area contributed by atoms with E-state index in [1.54, 1.807) is 11.3 Å². The Balaban J connectivity index is 1.28. The minimum atomic E-state index is 0.665. The molecule has 184 valence electrons. The molecule has 0 N–H and O–H groups in total. The van der Waals surface area contributed by atoms with Gasteiger partial charge in [-0.3, -0.25) is 0 Å². The van der Waals surface area contributed by atoms with E-state index in [2.05, 4.69) is 91.0 Å². The van der Waals surface area contributed by atoms with Gasteiger partial charge in [-0.2, -0.15) is 0 Å². The number of furan rings is 1. The van der Waals surface area contributed by atoms with Crippen molar-refractivity contribution in [3.8, 4) is 33.8 Å². The largest absolute Gasteiger partial charge is 0.455 e. The van der Waals surface area contributed by atoms with Crippen molar-refractivity contribution in [3.05, 3.63) is 120 Å². The average molecular weight is 539 g/mol. The van der Waals surface area contributed by atoms with Gasteiger partial charge in [0.1, 0.15) is 11.2 Å². The van der Waals surface area contributed by atoms with E-state index in [1.165, 1.54) is 4.70 Å². The van der Waals surface area contributed by atoms with E-state index in [4.69, 9.17) is 26.0 Å². The first-order chi connectivity index (χ1) is 19.2. The van der Waals surface area contributed by atoms with Crippen molar-refractivity contribution in [1.29, 1.82) is 0 Å². The monoisotopic (exact) mass is 538 g/mol. The van der Waals surface area contributed by atoms with E-state index in [1.807, 2.05) is 24.3 Å². The molecule has 3 nitrogen and oxygen atoms in total.